The summed E-state index contributed by atoms with van der Waals surface area (Å²) < 4.78 is 0. The number of benzene rings is 1. The van der Waals surface area contributed by atoms with Crippen molar-refractivity contribution in [3.8, 4) is 6.07 Å². The molecule has 1 aromatic carbocycles. The van der Waals surface area contributed by atoms with Crippen LogP contribution in [0.15, 0.2) is 24.8 Å². The molecule has 1 nitrogen and oxygen atoms in total. The van der Waals surface area contributed by atoms with Gasteiger partial charge >= 0.3 is 0 Å². The van der Waals surface area contributed by atoms with Crippen LogP contribution in [0.4, 0.5) is 0 Å². The molecule has 0 aliphatic rings. The van der Waals surface area contributed by atoms with E-state index in [-0.39, 0.29) is 0 Å². The van der Waals surface area contributed by atoms with Gasteiger partial charge in [-0.05, 0) is 47.1 Å². The van der Waals surface area contributed by atoms with Crippen LogP contribution in [-0.4, -0.2) is 0 Å². The zero-order valence-electron chi connectivity index (χ0n) is 11.2. The summed E-state index contributed by atoms with van der Waals surface area (Å²) in [6, 6.07) is 6.31. The molecule has 0 saturated carbocycles. The number of hydrogen-bond donors (Lipinski definition) is 0. The zero-order valence-corrected chi connectivity index (χ0v) is 11.2. The fourth-order valence-electron chi connectivity index (χ4n) is 2.19. The average Bonchev–Trinajstić information content (AvgIpc) is 2.28. The lowest BCUT2D eigenvalue weighted by molar-refractivity contribution is 0.807. The number of hydrogen-bond acceptors (Lipinski definition) is 1. The van der Waals surface area contributed by atoms with Gasteiger partial charge in [-0.2, -0.15) is 5.26 Å². The van der Waals surface area contributed by atoms with Gasteiger partial charge in [0.05, 0.1) is 11.6 Å². The maximum atomic E-state index is 9.10. The molecule has 0 atom stereocenters. The van der Waals surface area contributed by atoms with Crippen molar-refractivity contribution in [2.24, 2.45) is 0 Å². The molecule has 0 bridgehead atoms. The van der Waals surface area contributed by atoms with Crippen molar-refractivity contribution in [1.29, 1.82) is 5.26 Å². The van der Waals surface area contributed by atoms with E-state index in [1.54, 1.807) is 0 Å². The minimum Gasteiger partial charge on any atom is -0.192 e. The first-order valence-electron chi connectivity index (χ1n) is 6.19. The summed E-state index contributed by atoms with van der Waals surface area (Å²) in [4.78, 5) is 0. The lowest BCUT2D eigenvalue weighted by atomic mass is 9.85. The van der Waals surface area contributed by atoms with E-state index in [1.165, 1.54) is 16.7 Å². The smallest absolute Gasteiger partial charge is 0.0991 e. The highest BCUT2D eigenvalue weighted by molar-refractivity contribution is 5.47. The summed E-state index contributed by atoms with van der Waals surface area (Å²) >= 11 is 0. The van der Waals surface area contributed by atoms with Crippen LogP contribution in [0.25, 0.3) is 0 Å². The van der Waals surface area contributed by atoms with Crippen LogP contribution in [0.1, 0.15) is 61.8 Å². The first-order chi connectivity index (χ1) is 8.01. The molecule has 0 radical (unpaired) electrons. The monoisotopic (exact) mass is 227 g/mol. The predicted molar refractivity (Wildman–Crippen MR) is 73.2 cm³/mol. The lowest BCUT2D eigenvalue weighted by Gasteiger charge is -2.19. The van der Waals surface area contributed by atoms with Crippen LogP contribution < -0.4 is 0 Å². The lowest BCUT2D eigenvalue weighted by Crippen LogP contribution is -2.04. The van der Waals surface area contributed by atoms with Gasteiger partial charge in [-0.25, -0.2) is 0 Å². The third-order valence-corrected chi connectivity index (χ3v) is 3.04. The van der Waals surface area contributed by atoms with Crippen LogP contribution >= 0.6 is 0 Å². The molecule has 1 aromatic rings. The Balaban J connectivity index is 3.50. The molecule has 0 spiro atoms. The standard InChI is InChI=1S/C16H21N/c1-6-7-14-15(11(2)3)8-13(10-17)9-16(14)12(4)5/h6,8-9,11-12H,1,7H2,2-5H3. The van der Waals surface area contributed by atoms with Crippen LogP contribution in [0.3, 0.4) is 0 Å². The minimum atomic E-state index is 0.441. The number of allylic oxidation sites excluding steroid dienone is 1. The van der Waals surface area contributed by atoms with Crippen LogP contribution in [0, 0.1) is 11.3 Å². The molecule has 0 aliphatic carbocycles. The van der Waals surface area contributed by atoms with Gasteiger partial charge in [-0.1, -0.05) is 33.8 Å². The van der Waals surface area contributed by atoms with Crippen molar-refractivity contribution >= 4 is 0 Å². The van der Waals surface area contributed by atoms with Gasteiger partial charge in [0.25, 0.3) is 0 Å². The van der Waals surface area contributed by atoms with Gasteiger partial charge in [0.2, 0.25) is 0 Å². The van der Waals surface area contributed by atoms with Crippen LogP contribution in [0.2, 0.25) is 0 Å². The second-order valence-corrected chi connectivity index (χ2v) is 5.05. The summed E-state index contributed by atoms with van der Waals surface area (Å²) in [6.45, 7) is 12.5. The summed E-state index contributed by atoms with van der Waals surface area (Å²) in [5.74, 6) is 0.881. The van der Waals surface area contributed by atoms with Gasteiger partial charge in [-0.3, -0.25) is 0 Å². The molecule has 0 fully saturated rings. The summed E-state index contributed by atoms with van der Waals surface area (Å²) in [5.41, 5.74) is 4.69. The first kappa shape index (κ1) is 13.5. The highest BCUT2D eigenvalue weighted by Gasteiger charge is 2.14. The molecular weight excluding hydrogens is 206 g/mol. The Morgan fingerprint density at radius 1 is 1.18 bits per heavy atom. The Morgan fingerprint density at radius 3 is 1.94 bits per heavy atom. The second-order valence-electron chi connectivity index (χ2n) is 5.05. The Labute approximate surface area is 105 Å². The molecule has 17 heavy (non-hydrogen) atoms. The Morgan fingerprint density at radius 2 is 1.65 bits per heavy atom. The molecular formula is C16H21N. The van der Waals surface area contributed by atoms with Gasteiger partial charge in [0.1, 0.15) is 0 Å². The number of nitrogens with zero attached hydrogens (tertiary/aromatic N) is 1. The van der Waals surface area contributed by atoms with Gasteiger partial charge < -0.3 is 0 Å². The molecule has 0 saturated heterocycles. The van der Waals surface area contributed by atoms with E-state index in [0.717, 1.165) is 12.0 Å². The van der Waals surface area contributed by atoms with Crippen molar-refractivity contribution in [2.75, 3.05) is 0 Å². The molecule has 0 unspecified atom stereocenters. The van der Waals surface area contributed by atoms with E-state index >= 15 is 0 Å². The third-order valence-electron chi connectivity index (χ3n) is 3.04. The van der Waals surface area contributed by atoms with Gasteiger partial charge in [0.15, 0.2) is 0 Å². The molecule has 0 aromatic heterocycles. The van der Waals surface area contributed by atoms with Crippen molar-refractivity contribution in [3.63, 3.8) is 0 Å². The molecule has 1 rings (SSSR count). The average molecular weight is 227 g/mol. The Hall–Kier alpha value is -1.55. The summed E-state index contributed by atoms with van der Waals surface area (Å²) in [6.07, 6.45) is 2.83. The molecule has 1 heteroatoms. The van der Waals surface area contributed by atoms with Crippen molar-refractivity contribution < 1.29 is 0 Å². The van der Waals surface area contributed by atoms with Gasteiger partial charge in [-0.15, -0.1) is 6.58 Å². The highest BCUT2D eigenvalue weighted by Crippen LogP contribution is 2.29. The fraction of sp³-hybridized carbons (Fsp3) is 0.438. The van der Waals surface area contributed by atoms with Crippen LogP contribution in [-0.2, 0) is 6.42 Å². The SMILES string of the molecule is C=CCc1c(C(C)C)cc(C#N)cc1C(C)C. The number of rotatable bonds is 4. The number of nitriles is 1. The Bertz CT molecular complexity index is 418. The molecule has 0 amide bonds. The minimum absolute atomic E-state index is 0.441. The second kappa shape index (κ2) is 5.68. The van der Waals surface area contributed by atoms with E-state index in [9.17, 15) is 0 Å². The maximum absolute atomic E-state index is 9.10. The largest absolute Gasteiger partial charge is 0.192 e. The predicted octanol–water partition coefficient (Wildman–Crippen LogP) is 4.53. The summed E-state index contributed by atoms with van der Waals surface area (Å²) in [7, 11) is 0. The van der Waals surface area contributed by atoms with Crippen molar-refractivity contribution in [1.82, 2.24) is 0 Å². The highest BCUT2D eigenvalue weighted by atomic mass is 14.3. The van der Waals surface area contributed by atoms with E-state index in [4.69, 9.17) is 5.26 Å². The topological polar surface area (TPSA) is 23.8 Å². The van der Waals surface area contributed by atoms with Crippen LogP contribution in [0.5, 0.6) is 0 Å². The third kappa shape index (κ3) is 2.97. The van der Waals surface area contributed by atoms with Gasteiger partial charge in [0, 0.05) is 0 Å². The Kier molecular flexibility index (Phi) is 4.52. The van der Waals surface area contributed by atoms with E-state index < -0.39 is 0 Å². The van der Waals surface area contributed by atoms with E-state index in [0.29, 0.717) is 11.8 Å². The molecule has 0 aliphatic heterocycles. The van der Waals surface area contributed by atoms with Crippen molar-refractivity contribution in [2.45, 2.75) is 46.0 Å². The first-order valence-corrected chi connectivity index (χ1v) is 6.19. The molecule has 0 N–H and O–H groups in total. The molecule has 90 valence electrons. The summed E-state index contributed by atoms with van der Waals surface area (Å²) in [5, 5.41) is 9.10. The molecule has 0 heterocycles. The van der Waals surface area contributed by atoms with E-state index in [1.807, 2.05) is 18.2 Å². The van der Waals surface area contributed by atoms with E-state index in [2.05, 4.69) is 40.3 Å². The van der Waals surface area contributed by atoms with Crippen molar-refractivity contribution in [3.05, 3.63) is 47.0 Å². The zero-order chi connectivity index (χ0) is 13.0. The maximum Gasteiger partial charge on any atom is 0.0991 e. The fourth-order valence-corrected chi connectivity index (χ4v) is 2.19. The quantitative estimate of drug-likeness (QED) is 0.693. The normalized spacial score (nSPS) is 10.6.